The molecule has 0 saturated heterocycles. The Kier molecular flexibility index (Phi) is 2.62. The molecule has 1 saturated carbocycles. The lowest BCUT2D eigenvalue weighted by Crippen LogP contribution is -2.29. The number of hydrogen-bond acceptors (Lipinski definition) is 4. The Balaban J connectivity index is 1.86. The SMILES string of the molecule is OC(Cc1cncs1)C(O)C1CC1. The second kappa shape index (κ2) is 3.74. The summed E-state index contributed by atoms with van der Waals surface area (Å²) in [4.78, 5) is 4.96. The van der Waals surface area contributed by atoms with Crippen LogP contribution in [0.2, 0.25) is 0 Å². The molecule has 0 aliphatic heterocycles. The van der Waals surface area contributed by atoms with Crippen LogP contribution in [0.25, 0.3) is 0 Å². The zero-order valence-corrected chi connectivity index (χ0v) is 8.07. The molecular formula is C9H13NO2S. The van der Waals surface area contributed by atoms with Crippen molar-refractivity contribution in [2.75, 3.05) is 0 Å². The van der Waals surface area contributed by atoms with E-state index in [4.69, 9.17) is 0 Å². The van der Waals surface area contributed by atoms with Crippen molar-refractivity contribution >= 4 is 11.3 Å². The van der Waals surface area contributed by atoms with E-state index in [0.717, 1.165) is 17.7 Å². The highest BCUT2D eigenvalue weighted by Gasteiger charge is 2.34. The molecule has 1 aromatic rings. The van der Waals surface area contributed by atoms with E-state index in [1.54, 1.807) is 11.7 Å². The van der Waals surface area contributed by atoms with E-state index in [1.165, 1.54) is 11.3 Å². The largest absolute Gasteiger partial charge is 0.390 e. The molecule has 2 rings (SSSR count). The summed E-state index contributed by atoms with van der Waals surface area (Å²) < 4.78 is 0. The summed E-state index contributed by atoms with van der Waals surface area (Å²) in [7, 11) is 0. The first kappa shape index (κ1) is 9.12. The fourth-order valence-corrected chi connectivity index (χ4v) is 2.07. The molecule has 2 atom stereocenters. The first-order valence-electron chi connectivity index (χ1n) is 4.51. The van der Waals surface area contributed by atoms with Gasteiger partial charge in [-0.3, -0.25) is 4.98 Å². The second-order valence-corrected chi connectivity index (χ2v) is 4.54. The molecule has 4 heteroatoms. The van der Waals surface area contributed by atoms with Gasteiger partial charge >= 0.3 is 0 Å². The number of nitrogens with zero attached hydrogens (tertiary/aromatic N) is 1. The Morgan fingerprint density at radius 3 is 2.85 bits per heavy atom. The van der Waals surface area contributed by atoms with Gasteiger partial charge in [-0.05, 0) is 18.8 Å². The standard InChI is InChI=1S/C9H13NO2S/c11-8(9(12)6-1-2-6)3-7-4-10-5-13-7/h4-6,8-9,11-12H,1-3H2. The van der Waals surface area contributed by atoms with Crippen LogP contribution in [0.1, 0.15) is 17.7 Å². The van der Waals surface area contributed by atoms with E-state index in [0.29, 0.717) is 12.3 Å². The third-order valence-corrected chi connectivity index (χ3v) is 3.19. The molecule has 13 heavy (non-hydrogen) atoms. The fraction of sp³-hybridized carbons (Fsp3) is 0.667. The Bertz CT molecular complexity index is 259. The van der Waals surface area contributed by atoms with Gasteiger partial charge in [0, 0.05) is 17.5 Å². The van der Waals surface area contributed by atoms with Crippen LogP contribution in [0.15, 0.2) is 11.7 Å². The fourth-order valence-electron chi connectivity index (χ4n) is 1.42. The zero-order chi connectivity index (χ0) is 9.26. The van der Waals surface area contributed by atoms with Crippen molar-refractivity contribution in [2.45, 2.75) is 31.5 Å². The van der Waals surface area contributed by atoms with E-state index in [1.807, 2.05) is 0 Å². The number of rotatable bonds is 4. The summed E-state index contributed by atoms with van der Waals surface area (Å²) >= 11 is 1.52. The van der Waals surface area contributed by atoms with Gasteiger partial charge in [-0.2, -0.15) is 0 Å². The predicted molar refractivity (Wildman–Crippen MR) is 50.6 cm³/mol. The van der Waals surface area contributed by atoms with Crippen molar-refractivity contribution in [3.8, 4) is 0 Å². The summed E-state index contributed by atoms with van der Waals surface area (Å²) in [6.45, 7) is 0. The van der Waals surface area contributed by atoms with Gasteiger partial charge in [-0.25, -0.2) is 0 Å². The van der Waals surface area contributed by atoms with Gasteiger partial charge < -0.3 is 10.2 Å². The minimum atomic E-state index is -0.618. The second-order valence-electron chi connectivity index (χ2n) is 3.57. The minimum absolute atomic E-state index is 0.336. The summed E-state index contributed by atoms with van der Waals surface area (Å²) in [6, 6.07) is 0. The van der Waals surface area contributed by atoms with Crippen molar-refractivity contribution in [2.24, 2.45) is 5.92 Å². The quantitative estimate of drug-likeness (QED) is 0.754. The Morgan fingerprint density at radius 1 is 1.54 bits per heavy atom. The van der Waals surface area contributed by atoms with E-state index in [9.17, 15) is 10.2 Å². The van der Waals surface area contributed by atoms with Gasteiger partial charge in [0.25, 0.3) is 0 Å². The molecule has 0 aromatic carbocycles. The summed E-state index contributed by atoms with van der Waals surface area (Å²) in [5, 5.41) is 19.2. The van der Waals surface area contributed by atoms with Crippen LogP contribution >= 0.6 is 11.3 Å². The molecule has 1 aliphatic rings. The van der Waals surface area contributed by atoms with Crippen molar-refractivity contribution in [3.05, 3.63) is 16.6 Å². The molecule has 2 unspecified atom stereocenters. The van der Waals surface area contributed by atoms with Crippen molar-refractivity contribution in [1.29, 1.82) is 0 Å². The molecule has 0 bridgehead atoms. The van der Waals surface area contributed by atoms with Crippen LogP contribution in [-0.4, -0.2) is 27.4 Å². The highest BCUT2D eigenvalue weighted by Crippen LogP contribution is 2.34. The third-order valence-electron chi connectivity index (χ3n) is 2.39. The predicted octanol–water partition coefficient (Wildman–Crippen LogP) is 0.817. The summed E-state index contributed by atoms with van der Waals surface area (Å²) in [5.74, 6) is 0.336. The molecular weight excluding hydrogens is 186 g/mol. The van der Waals surface area contributed by atoms with Gasteiger partial charge in [0.1, 0.15) is 0 Å². The number of hydrogen-bond donors (Lipinski definition) is 2. The normalized spacial score (nSPS) is 21.4. The highest BCUT2D eigenvalue weighted by atomic mass is 32.1. The molecule has 1 aliphatic carbocycles. The molecule has 0 radical (unpaired) electrons. The smallest absolute Gasteiger partial charge is 0.0850 e. The van der Waals surface area contributed by atoms with Crippen molar-refractivity contribution in [3.63, 3.8) is 0 Å². The van der Waals surface area contributed by atoms with Gasteiger partial charge in [0.05, 0.1) is 17.7 Å². The molecule has 1 aromatic heterocycles. The van der Waals surface area contributed by atoms with Crippen LogP contribution in [-0.2, 0) is 6.42 Å². The van der Waals surface area contributed by atoms with E-state index in [2.05, 4.69) is 4.98 Å². The minimum Gasteiger partial charge on any atom is -0.390 e. The Labute approximate surface area is 81.1 Å². The Morgan fingerprint density at radius 2 is 2.31 bits per heavy atom. The van der Waals surface area contributed by atoms with Crippen molar-refractivity contribution in [1.82, 2.24) is 4.98 Å². The summed E-state index contributed by atoms with van der Waals surface area (Å²) in [5.41, 5.74) is 1.74. The molecule has 0 amide bonds. The lowest BCUT2D eigenvalue weighted by Gasteiger charge is -2.15. The van der Waals surface area contributed by atoms with Crippen LogP contribution in [0.3, 0.4) is 0 Å². The number of aromatic nitrogens is 1. The van der Waals surface area contributed by atoms with E-state index in [-0.39, 0.29) is 0 Å². The summed E-state index contributed by atoms with van der Waals surface area (Å²) in [6.07, 6.45) is 3.23. The lowest BCUT2D eigenvalue weighted by atomic mass is 10.1. The van der Waals surface area contributed by atoms with Crippen LogP contribution in [0.5, 0.6) is 0 Å². The monoisotopic (exact) mass is 199 g/mol. The maximum Gasteiger partial charge on any atom is 0.0850 e. The molecule has 3 nitrogen and oxygen atoms in total. The van der Waals surface area contributed by atoms with Gasteiger partial charge in [-0.15, -0.1) is 11.3 Å². The molecule has 0 spiro atoms. The van der Waals surface area contributed by atoms with Crippen LogP contribution in [0.4, 0.5) is 0 Å². The number of aliphatic hydroxyl groups excluding tert-OH is 2. The topological polar surface area (TPSA) is 53.4 Å². The molecule has 2 N–H and O–H groups in total. The van der Waals surface area contributed by atoms with Crippen LogP contribution < -0.4 is 0 Å². The van der Waals surface area contributed by atoms with E-state index < -0.39 is 12.2 Å². The van der Waals surface area contributed by atoms with Crippen molar-refractivity contribution < 1.29 is 10.2 Å². The highest BCUT2D eigenvalue weighted by molar-refractivity contribution is 7.09. The third kappa shape index (κ3) is 2.27. The maximum atomic E-state index is 9.63. The van der Waals surface area contributed by atoms with Crippen LogP contribution in [0, 0.1) is 5.92 Å². The lowest BCUT2D eigenvalue weighted by molar-refractivity contribution is 0.00714. The van der Waals surface area contributed by atoms with Gasteiger partial charge in [0.15, 0.2) is 0 Å². The Hall–Kier alpha value is -0.450. The average molecular weight is 199 g/mol. The maximum absolute atomic E-state index is 9.63. The number of thiazole rings is 1. The average Bonchev–Trinajstić information content (AvgIpc) is 2.85. The molecule has 1 heterocycles. The zero-order valence-electron chi connectivity index (χ0n) is 7.26. The number of aliphatic hydroxyl groups is 2. The van der Waals surface area contributed by atoms with Gasteiger partial charge in [0.2, 0.25) is 0 Å². The first-order chi connectivity index (χ1) is 6.27. The molecule has 72 valence electrons. The molecule has 1 fully saturated rings. The first-order valence-corrected chi connectivity index (χ1v) is 5.39. The van der Waals surface area contributed by atoms with E-state index >= 15 is 0 Å². The van der Waals surface area contributed by atoms with Gasteiger partial charge in [-0.1, -0.05) is 0 Å².